The summed E-state index contributed by atoms with van der Waals surface area (Å²) >= 11 is 12.1. The number of amides is 1. The Morgan fingerprint density at radius 1 is 1.15 bits per heavy atom. The zero-order valence-electron chi connectivity index (χ0n) is 18.8. The predicted octanol–water partition coefficient (Wildman–Crippen LogP) is 5.54. The van der Waals surface area contributed by atoms with E-state index in [9.17, 15) is 14.7 Å². The molecule has 5 nitrogen and oxygen atoms in total. The molecule has 0 radical (unpaired) electrons. The van der Waals surface area contributed by atoms with Crippen LogP contribution in [0.4, 0.5) is 0 Å². The van der Waals surface area contributed by atoms with E-state index in [4.69, 9.17) is 23.2 Å². The largest absolute Gasteiger partial charge is 0.480 e. The first-order chi connectivity index (χ1) is 15.8. The molecular formula is C26H30Cl2N2O3. The molecule has 3 rings (SSSR count). The summed E-state index contributed by atoms with van der Waals surface area (Å²) in [4.78, 5) is 26.0. The number of nitrogens with one attached hydrogen (secondary N) is 1. The van der Waals surface area contributed by atoms with E-state index in [2.05, 4.69) is 22.3 Å². The van der Waals surface area contributed by atoms with Crippen LogP contribution in [-0.2, 0) is 9.59 Å². The van der Waals surface area contributed by atoms with E-state index in [0.29, 0.717) is 30.3 Å². The van der Waals surface area contributed by atoms with Crippen LogP contribution in [0.3, 0.4) is 0 Å². The number of benzene rings is 2. The molecule has 2 aromatic rings. The van der Waals surface area contributed by atoms with Crippen molar-refractivity contribution in [2.45, 2.75) is 44.6 Å². The molecule has 1 amide bonds. The highest BCUT2D eigenvalue weighted by Crippen LogP contribution is 2.30. The van der Waals surface area contributed by atoms with E-state index >= 15 is 0 Å². The molecule has 1 unspecified atom stereocenters. The molecule has 0 aliphatic carbocycles. The maximum absolute atomic E-state index is 12.1. The van der Waals surface area contributed by atoms with E-state index in [-0.39, 0.29) is 5.91 Å². The quantitative estimate of drug-likeness (QED) is 0.358. The van der Waals surface area contributed by atoms with Crippen LogP contribution in [0.25, 0.3) is 6.08 Å². The molecule has 1 saturated heterocycles. The Bertz CT molecular complexity index is 984. The van der Waals surface area contributed by atoms with Crippen molar-refractivity contribution < 1.29 is 14.7 Å². The number of rotatable bonds is 9. The second kappa shape index (κ2) is 12.2. The topological polar surface area (TPSA) is 69.6 Å². The van der Waals surface area contributed by atoms with Gasteiger partial charge in [-0.15, -0.1) is 0 Å². The van der Waals surface area contributed by atoms with Crippen LogP contribution in [0, 0.1) is 6.92 Å². The molecular weight excluding hydrogens is 459 g/mol. The van der Waals surface area contributed by atoms with Gasteiger partial charge in [0.05, 0.1) is 0 Å². The number of carbonyl (C=O) groups excluding carboxylic acids is 1. The van der Waals surface area contributed by atoms with Crippen molar-refractivity contribution >= 4 is 41.2 Å². The number of aryl methyl sites for hydroxylation is 1. The molecule has 1 heterocycles. The van der Waals surface area contributed by atoms with Crippen LogP contribution < -0.4 is 5.32 Å². The predicted molar refractivity (Wildman–Crippen MR) is 134 cm³/mol. The number of carboxylic acids is 1. The van der Waals surface area contributed by atoms with Gasteiger partial charge in [0.15, 0.2) is 0 Å². The van der Waals surface area contributed by atoms with Crippen molar-refractivity contribution in [3.8, 4) is 0 Å². The average Bonchev–Trinajstić information content (AvgIpc) is 2.80. The lowest BCUT2D eigenvalue weighted by Crippen LogP contribution is -2.45. The lowest BCUT2D eigenvalue weighted by Gasteiger charge is -2.36. The number of hydrogen-bond donors (Lipinski definition) is 2. The van der Waals surface area contributed by atoms with Crippen molar-refractivity contribution in [3.63, 3.8) is 0 Å². The Morgan fingerprint density at radius 2 is 1.85 bits per heavy atom. The van der Waals surface area contributed by atoms with Gasteiger partial charge in [-0.25, -0.2) is 0 Å². The third-order valence-electron chi connectivity index (χ3n) is 6.17. The van der Waals surface area contributed by atoms with Gasteiger partial charge in [0, 0.05) is 22.7 Å². The Hall–Kier alpha value is -2.34. The molecule has 0 bridgehead atoms. The third kappa shape index (κ3) is 7.60. The maximum Gasteiger partial charge on any atom is 0.320 e. The minimum absolute atomic E-state index is 0.206. The minimum Gasteiger partial charge on any atom is -0.480 e. The van der Waals surface area contributed by atoms with Gasteiger partial charge >= 0.3 is 5.97 Å². The van der Waals surface area contributed by atoms with Gasteiger partial charge < -0.3 is 10.4 Å². The molecule has 1 aliphatic heterocycles. The van der Waals surface area contributed by atoms with Crippen LogP contribution in [0.15, 0.2) is 48.5 Å². The first-order valence-electron chi connectivity index (χ1n) is 11.3. The van der Waals surface area contributed by atoms with Gasteiger partial charge in [-0.1, -0.05) is 47.5 Å². The number of likely N-dealkylation sites (tertiary alicyclic amines) is 1. The molecule has 1 fully saturated rings. The Labute approximate surface area is 205 Å². The SMILES string of the molecule is Cc1ccc(/C=C/C(=O)NCCCC(C(=O)O)N2CCC(c3ccc(Cl)cc3)CC2)cc1Cl. The van der Waals surface area contributed by atoms with Gasteiger partial charge in [0.25, 0.3) is 0 Å². The molecule has 33 heavy (non-hydrogen) atoms. The number of hydrogen-bond acceptors (Lipinski definition) is 3. The molecule has 2 aromatic carbocycles. The zero-order chi connectivity index (χ0) is 23.8. The summed E-state index contributed by atoms with van der Waals surface area (Å²) in [6.07, 6.45) is 6.14. The Morgan fingerprint density at radius 3 is 2.48 bits per heavy atom. The van der Waals surface area contributed by atoms with Crippen molar-refractivity contribution in [3.05, 3.63) is 75.3 Å². The van der Waals surface area contributed by atoms with Crippen molar-refractivity contribution in [2.24, 2.45) is 0 Å². The van der Waals surface area contributed by atoms with Crippen molar-refractivity contribution in [1.29, 1.82) is 0 Å². The van der Waals surface area contributed by atoms with Crippen LogP contribution in [-0.4, -0.2) is 47.6 Å². The molecule has 0 spiro atoms. The second-order valence-electron chi connectivity index (χ2n) is 8.49. The van der Waals surface area contributed by atoms with Crippen LogP contribution in [0.5, 0.6) is 0 Å². The fraction of sp³-hybridized carbons (Fsp3) is 0.385. The van der Waals surface area contributed by atoms with E-state index in [0.717, 1.165) is 42.1 Å². The van der Waals surface area contributed by atoms with Crippen molar-refractivity contribution in [2.75, 3.05) is 19.6 Å². The van der Waals surface area contributed by atoms with Gasteiger partial charge in [-0.2, -0.15) is 0 Å². The third-order valence-corrected chi connectivity index (χ3v) is 6.83. The van der Waals surface area contributed by atoms with E-state index < -0.39 is 12.0 Å². The number of nitrogens with zero attached hydrogens (tertiary/aromatic N) is 1. The summed E-state index contributed by atoms with van der Waals surface area (Å²) in [6.45, 7) is 3.86. The lowest BCUT2D eigenvalue weighted by atomic mass is 9.88. The van der Waals surface area contributed by atoms with Gasteiger partial charge in [0.1, 0.15) is 6.04 Å². The van der Waals surface area contributed by atoms with Gasteiger partial charge in [0.2, 0.25) is 5.91 Å². The van der Waals surface area contributed by atoms with Crippen LogP contribution in [0.1, 0.15) is 48.3 Å². The van der Waals surface area contributed by atoms with Crippen LogP contribution in [0.2, 0.25) is 10.0 Å². The van der Waals surface area contributed by atoms with E-state index in [1.165, 1.54) is 11.6 Å². The molecule has 0 saturated carbocycles. The molecule has 2 N–H and O–H groups in total. The fourth-order valence-corrected chi connectivity index (χ4v) is 4.51. The van der Waals surface area contributed by atoms with E-state index in [1.807, 2.05) is 37.3 Å². The number of halogens is 2. The molecule has 0 aromatic heterocycles. The number of carbonyl (C=O) groups is 2. The highest BCUT2D eigenvalue weighted by atomic mass is 35.5. The summed E-state index contributed by atoms with van der Waals surface area (Å²) in [5.74, 6) is -0.577. The summed E-state index contributed by atoms with van der Waals surface area (Å²) in [5, 5.41) is 13.9. The number of carboxylic acid groups (broad SMARTS) is 1. The molecule has 176 valence electrons. The highest BCUT2D eigenvalue weighted by molar-refractivity contribution is 6.31. The Balaban J connectivity index is 1.41. The monoisotopic (exact) mass is 488 g/mol. The molecule has 1 aliphatic rings. The maximum atomic E-state index is 12.1. The normalized spacial score (nSPS) is 16.1. The first-order valence-corrected chi connectivity index (χ1v) is 12.0. The van der Waals surface area contributed by atoms with Gasteiger partial charge in [-0.3, -0.25) is 14.5 Å². The smallest absolute Gasteiger partial charge is 0.320 e. The lowest BCUT2D eigenvalue weighted by molar-refractivity contribution is -0.144. The molecule has 7 heteroatoms. The summed E-state index contributed by atoms with van der Waals surface area (Å²) in [7, 11) is 0. The number of aliphatic carboxylic acids is 1. The highest BCUT2D eigenvalue weighted by Gasteiger charge is 2.29. The summed E-state index contributed by atoms with van der Waals surface area (Å²) in [6, 6.07) is 13.0. The standard InChI is InChI=1S/C26H30Cl2N2O3/c1-18-4-5-19(17-23(18)28)6-11-25(31)29-14-2-3-24(26(32)33)30-15-12-21(13-16-30)20-7-9-22(27)10-8-20/h4-11,17,21,24H,2-3,12-16H2,1H3,(H,29,31)(H,32,33)/b11-6+. The summed E-state index contributed by atoms with van der Waals surface area (Å²) < 4.78 is 0. The van der Waals surface area contributed by atoms with Gasteiger partial charge in [-0.05, 0) is 92.6 Å². The summed E-state index contributed by atoms with van der Waals surface area (Å²) in [5.41, 5.74) is 3.10. The fourth-order valence-electron chi connectivity index (χ4n) is 4.19. The minimum atomic E-state index is -0.803. The first kappa shape index (κ1) is 25.3. The second-order valence-corrected chi connectivity index (χ2v) is 9.33. The van der Waals surface area contributed by atoms with E-state index in [1.54, 1.807) is 6.08 Å². The number of piperidine rings is 1. The zero-order valence-corrected chi connectivity index (χ0v) is 20.3. The van der Waals surface area contributed by atoms with Crippen molar-refractivity contribution in [1.82, 2.24) is 10.2 Å². The Kier molecular flexibility index (Phi) is 9.36. The average molecular weight is 489 g/mol. The molecule has 1 atom stereocenters. The van der Waals surface area contributed by atoms with Crippen LogP contribution >= 0.6 is 23.2 Å².